The maximum Gasteiger partial charge on any atom is 0.184 e. The summed E-state index contributed by atoms with van der Waals surface area (Å²) in [5, 5.41) is 21.6. The van der Waals surface area contributed by atoms with Gasteiger partial charge >= 0.3 is 0 Å². The summed E-state index contributed by atoms with van der Waals surface area (Å²) in [4.78, 5) is 44.3. The van der Waals surface area contributed by atoms with Gasteiger partial charge in [0.2, 0.25) is 0 Å². The first kappa shape index (κ1) is 33.7. The number of hydrogen-bond acceptors (Lipinski definition) is 5. The lowest BCUT2D eigenvalue weighted by Crippen LogP contribution is -2.71. The smallest absolute Gasteiger partial charge is 0.184 e. The third-order valence-electron chi connectivity index (χ3n) is 9.17. The van der Waals surface area contributed by atoms with Crippen molar-refractivity contribution in [3.63, 3.8) is 0 Å². The molecule has 222 valence electrons. The summed E-state index contributed by atoms with van der Waals surface area (Å²) in [5.41, 5.74) is -0.142. The maximum atomic E-state index is 15.0. The molecule has 0 heterocycles. The van der Waals surface area contributed by atoms with E-state index in [4.69, 9.17) is 0 Å². The predicted molar refractivity (Wildman–Crippen MR) is 163 cm³/mol. The number of ketones is 3. The van der Waals surface area contributed by atoms with Crippen molar-refractivity contribution in [2.24, 2.45) is 28.1 Å². The van der Waals surface area contributed by atoms with Crippen LogP contribution in [0.15, 0.2) is 57.9 Å². The third-order valence-corrected chi connectivity index (χ3v) is 9.17. The number of rotatable bonds is 12. The fourth-order valence-electron chi connectivity index (χ4n) is 6.75. The van der Waals surface area contributed by atoms with E-state index in [0.717, 1.165) is 16.7 Å². The van der Waals surface area contributed by atoms with Crippen molar-refractivity contribution < 1.29 is 24.6 Å². The van der Waals surface area contributed by atoms with Crippen molar-refractivity contribution in [3.05, 3.63) is 57.9 Å². The Balaban J connectivity index is 3.09. The van der Waals surface area contributed by atoms with E-state index in [0.29, 0.717) is 31.3 Å². The van der Waals surface area contributed by atoms with Crippen LogP contribution in [0.4, 0.5) is 0 Å². The Morgan fingerprint density at radius 2 is 1.52 bits per heavy atom. The molecular formula is C35H52O5. The van der Waals surface area contributed by atoms with Gasteiger partial charge < -0.3 is 10.2 Å². The van der Waals surface area contributed by atoms with Crippen molar-refractivity contribution in [2.45, 2.75) is 108 Å². The SMILES string of the molecule is CC(C)=CCC[C@]1(C)[C@H](CC=C(C)C)C[C@@]2(C/C=C(\C)CO)C(=O)[C@]1(C(=O)C(C)C)C(=O)C(CC=C(C)C)=C2O. The molecular weight excluding hydrogens is 500 g/mol. The van der Waals surface area contributed by atoms with Gasteiger partial charge in [-0.3, -0.25) is 14.4 Å². The number of allylic oxidation sites excluding steroid dienone is 9. The number of carbonyl (C=O) groups excluding carboxylic acids is 3. The molecule has 4 atom stereocenters. The molecule has 0 spiro atoms. The third kappa shape index (κ3) is 5.91. The quantitative estimate of drug-likeness (QED) is 0.189. The van der Waals surface area contributed by atoms with E-state index in [1.54, 1.807) is 26.8 Å². The predicted octanol–water partition coefficient (Wildman–Crippen LogP) is 7.96. The van der Waals surface area contributed by atoms with Crippen molar-refractivity contribution in [1.82, 2.24) is 0 Å². The lowest BCUT2D eigenvalue weighted by atomic mass is 9.38. The first-order valence-electron chi connectivity index (χ1n) is 14.8. The molecule has 0 aliphatic heterocycles. The second kappa shape index (κ2) is 13.0. The minimum Gasteiger partial charge on any atom is -0.511 e. The Bertz CT molecular complexity index is 1160. The summed E-state index contributed by atoms with van der Waals surface area (Å²) in [6.07, 6.45) is 10.3. The van der Waals surface area contributed by atoms with Crippen LogP contribution in [0.25, 0.3) is 0 Å². The lowest BCUT2D eigenvalue weighted by molar-refractivity contribution is -0.180. The van der Waals surface area contributed by atoms with E-state index >= 15 is 4.79 Å². The molecule has 0 unspecified atom stereocenters. The minimum atomic E-state index is -1.90. The van der Waals surface area contributed by atoms with E-state index in [1.807, 2.05) is 54.5 Å². The highest BCUT2D eigenvalue weighted by molar-refractivity contribution is 6.33. The number of fused-ring (bicyclic) bond motifs is 2. The molecule has 2 bridgehead atoms. The zero-order valence-corrected chi connectivity index (χ0v) is 26.5. The Labute approximate surface area is 242 Å². The molecule has 2 N–H and O–H groups in total. The molecule has 5 nitrogen and oxygen atoms in total. The second-order valence-corrected chi connectivity index (χ2v) is 13.4. The van der Waals surface area contributed by atoms with Crippen LogP contribution >= 0.6 is 0 Å². The number of Topliss-reactive ketones (excluding diaryl/α,β-unsaturated/α-hetero) is 3. The molecule has 2 rings (SSSR count). The van der Waals surface area contributed by atoms with Crippen LogP contribution in [0.1, 0.15) is 108 Å². The molecule has 0 radical (unpaired) electrons. The van der Waals surface area contributed by atoms with E-state index in [9.17, 15) is 19.8 Å². The standard InChI is InChI=1S/C35H52O5/c1-22(2)12-11-18-33(10)27(15-13-23(3)4)20-34(19-17-26(9)21-36)30(38)28(16-14-24(5)6)31(39)35(33,32(34)40)29(37)25(7)8/h12-14,17,25,27,36,38H,11,15-16,18-21H2,1-10H3/b26-17+/t27-,33-,34-,35+/m1/s1. The van der Waals surface area contributed by atoms with Gasteiger partial charge in [0.25, 0.3) is 0 Å². The van der Waals surface area contributed by atoms with Crippen molar-refractivity contribution in [1.29, 1.82) is 0 Å². The van der Waals surface area contributed by atoms with Gasteiger partial charge in [0, 0.05) is 11.5 Å². The van der Waals surface area contributed by atoms with E-state index < -0.39 is 33.7 Å². The van der Waals surface area contributed by atoms with Crippen molar-refractivity contribution in [2.75, 3.05) is 6.61 Å². The zero-order valence-electron chi connectivity index (χ0n) is 26.5. The normalized spacial score (nSPS) is 28.5. The maximum absolute atomic E-state index is 15.0. The number of hydrogen-bond donors (Lipinski definition) is 2. The monoisotopic (exact) mass is 552 g/mol. The number of carbonyl (C=O) groups is 3. The van der Waals surface area contributed by atoms with Crippen LogP contribution in [0.3, 0.4) is 0 Å². The van der Waals surface area contributed by atoms with E-state index in [1.165, 1.54) is 0 Å². The molecule has 40 heavy (non-hydrogen) atoms. The Kier molecular flexibility index (Phi) is 10.9. The van der Waals surface area contributed by atoms with Crippen LogP contribution in [0, 0.1) is 28.1 Å². The molecule has 0 aromatic carbocycles. The first-order valence-corrected chi connectivity index (χ1v) is 14.8. The van der Waals surface area contributed by atoms with Crippen LogP contribution in [0.5, 0.6) is 0 Å². The fourth-order valence-corrected chi connectivity index (χ4v) is 6.75. The molecule has 0 saturated heterocycles. The first-order chi connectivity index (χ1) is 18.5. The molecule has 0 aromatic heterocycles. The summed E-state index contributed by atoms with van der Waals surface area (Å²) < 4.78 is 0. The number of aliphatic hydroxyl groups excluding tert-OH is 2. The summed E-state index contributed by atoms with van der Waals surface area (Å²) in [6.45, 7) is 19.0. The molecule has 1 fully saturated rings. The van der Waals surface area contributed by atoms with Gasteiger partial charge in [-0.15, -0.1) is 0 Å². The van der Waals surface area contributed by atoms with Gasteiger partial charge in [-0.05, 0) is 98.3 Å². The van der Waals surface area contributed by atoms with Crippen LogP contribution in [0.2, 0.25) is 0 Å². The molecule has 5 heteroatoms. The fraction of sp³-hybridized carbons (Fsp3) is 0.629. The van der Waals surface area contributed by atoms with Gasteiger partial charge in [-0.2, -0.15) is 0 Å². The highest BCUT2D eigenvalue weighted by atomic mass is 16.3. The highest BCUT2D eigenvalue weighted by Gasteiger charge is 2.75. The lowest BCUT2D eigenvalue weighted by Gasteiger charge is -2.61. The second-order valence-electron chi connectivity index (χ2n) is 13.4. The molecule has 0 amide bonds. The number of aliphatic hydroxyl groups is 2. The van der Waals surface area contributed by atoms with E-state index in [-0.39, 0.29) is 42.5 Å². The average molecular weight is 553 g/mol. The highest BCUT2D eigenvalue weighted by Crippen LogP contribution is 2.67. The Hall–Kier alpha value is -2.53. The minimum absolute atomic E-state index is 0.137. The average Bonchev–Trinajstić information content (AvgIpc) is 2.86. The van der Waals surface area contributed by atoms with Gasteiger partial charge in [0.05, 0.1) is 12.0 Å². The van der Waals surface area contributed by atoms with Gasteiger partial charge in [0.15, 0.2) is 22.8 Å². The van der Waals surface area contributed by atoms with Crippen LogP contribution < -0.4 is 0 Å². The van der Waals surface area contributed by atoms with Gasteiger partial charge in [-0.25, -0.2) is 0 Å². The summed E-state index contributed by atoms with van der Waals surface area (Å²) in [7, 11) is 0. The van der Waals surface area contributed by atoms with Crippen molar-refractivity contribution in [3.8, 4) is 0 Å². The Morgan fingerprint density at radius 1 is 0.950 bits per heavy atom. The Morgan fingerprint density at radius 3 is 2.02 bits per heavy atom. The van der Waals surface area contributed by atoms with E-state index in [2.05, 4.69) is 12.2 Å². The summed E-state index contributed by atoms with van der Waals surface area (Å²) in [6, 6.07) is 0. The zero-order chi connectivity index (χ0) is 30.6. The van der Waals surface area contributed by atoms with Crippen LogP contribution in [-0.4, -0.2) is 34.2 Å². The molecule has 2 aliphatic rings. The van der Waals surface area contributed by atoms with Crippen LogP contribution in [-0.2, 0) is 14.4 Å². The van der Waals surface area contributed by atoms with Crippen molar-refractivity contribution >= 4 is 17.3 Å². The summed E-state index contributed by atoms with van der Waals surface area (Å²) >= 11 is 0. The van der Waals surface area contributed by atoms with Gasteiger partial charge in [-0.1, -0.05) is 67.4 Å². The summed E-state index contributed by atoms with van der Waals surface area (Å²) in [5.74, 6) is -2.27. The molecule has 1 saturated carbocycles. The molecule has 0 aromatic rings. The topological polar surface area (TPSA) is 91.7 Å². The largest absolute Gasteiger partial charge is 0.511 e. The van der Waals surface area contributed by atoms with Gasteiger partial charge in [0.1, 0.15) is 5.76 Å². The molecule has 2 aliphatic carbocycles.